The van der Waals surface area contributed by atoms with Crippen LogP contribution in [0.4, 0.5) is 0 Å². The molecule has 0 atom stereocenters. The predicted molar refractivity (Wildman–Crippen MR) is 147 cm³/mol. The molecule has 0 bridgehead atoms. The Balaban J connectivity index is 2.02. The summed E-state index contributed by atoms with van der Waals surface area (Å²) in [4.78, 5) is 26.7. The normalized spacial score (nSPS) is 11.5. The van der Waals surface area contributed by atoms with Crippen molar-refractivity contribution in [2.24, 2.45) is 11.8 Å². The van der Waals surface area contributed by atoms with Crippen molar-refractivity contribution in [3.8, 4) is 12.1 Å². The van der Waals surface area contributed by atoms with E-state index < -0.39 is 11.9 Å². The van der Waals surface area contributed by atoms with Crippen molar-refractivity contribution >= 4 is 55.0 Å². The fourth-order valence-corrected chi connectivity index (χ4v) is 5.04. The zero-order chi connectivity index (χ0) is 27.1. The fourth-order valence-electron chi connectivity index (χ4n) is 5.04. The molecule has 0 saturated carbocycles. The third kappa shape index (κ3) is 3.96. The van der Waals surface area contributed by atoms with Crippen LogP contribution in [0.25, 0.3) is 43.1 Å². The van der Waals surface area contributed by atoms with Crippen LogP contribution in [-0.4, -0.2) is 25.2 Å². The van der Waals surface area contributed by atoms with E-state index in [4.69, 9.17) is 9.47 Å². The van der Waals surface area contributed by atoms with Crippen LogP contribution in [0, 0.1) is 34.5 Å². The van der Waals surface area contributed by atoms with Crippen LogP contribution in [0.2, 0.25) is 0 Å². The Hall–Kier alpha value is -4.68. The van der Waals surface area contributed by atoms with Gasteiger partial charge in [-0.05, 0) is 57.6 Å². The van der Waals surface area contributed by atoms with Gasteiger partial charge in [-0.25, -0.2) is 9.59 Å². The monoisotopic (exact) mass is 502 g/mol. The van der Waals surface area contributed by atoms with E-state index in [1.807, 2.05) is 52.0 Å². The Morgan fingerprint density at radius 2 is 0.974 bits per heavy atom. The average molecular weight is 503 g/mol. The number of ether oxygens (including phenoxy) is 2. The van der Waals surface area contributed by atoms with Gasteiger partial charge >= 0.3 is 11.9 Å². The summed E-state index contributed by atoms with van der Waals surface area (Å²) in [7, 11) is 0. The van der Waals surface area contributed by atoms with Gasteiger partial charge in [0, 0.05) is 21.5 Å². The van der Waals surface area contributed by atoms with Gasteiger partial charge in [-0.1, -0.05) is 52.0 Å². The molecular formula is C32H26N2O4. The first-order valence-electron chi connectivity index (χ1n) is 12.6. The summed E-state index contributed by atoms with van der Waals surface area (Å²) in [6.45, 7) is 8.33. The van der Waals surface area contributed by atoms with Crippen molar-refractivity contribution in [1.82, 2.24) is 0 Å². The molecule has 0 aliphatic rings. The first-order valence-corrected chi connectivity index (χ1v) is 12.6. The van der Waals surface area contributed by atoms with Crippen LogP contribution in [0.5, 0.6) is 0 Å². The van der Waals surface area contributed by atoms with Gasteiger partial charge in [0.05, 0.1) is 47.6 Å². The second kappa shape index (κ2) is 9.65. The number of esters is 2. The largest absolute Gasteiger partial charge is 0.462 e. The molecular weight excluding hydrogens is 476 g/mol. The Bertz CT molecular complexity index is 1700. The summed E-state index contributed by atoms with van der Waals surface area (Å²) >= 11 is 0. The van der Waals surface area contributed by atoms with Crippen LogP contribution < -0.4 is 0 Å². The van der Waals surface area contributed by atoms with Crippen molar-refractivity contribution in [3.05, 3.63) is 70.8 Å². The molecule has 38 heavy (non-hydrogen) atoms. The minimum absolute atomic E-state index is 0.148. The van der Waals surface area contributed by atoms with E-state index in [1.54, 1.807) is 24.3 Å². The molecule has 6 nitrogen and oxygen atoms in total. The van der Waals surface area contributed by atoms with Crippen molar-refractivity contribution in [1.29, 1.82) is 10.5 Å². The zero-order valence-corrected chi connectivity index (χ0v) is 21.7. The van der Waals surface area contributed by atoms with E-state index in [0.29, 0.717) is 54.6 Å². The van der Waals surface area contributed by atoms with Crippen molar-refractivity contribution < 1.29 is 19.1 Å². The number of hydrogen-bond acceptors (Lipinski definition) is 6. The second-order valence-electron chi connectivity index (χ2n) is 10.4. The number of fused-ring (bicyclic) bond motifs is 2. The lowest BCUT2D eigenvalue weighted by Gasteiger charge is -2.20. The van der Waals surface area contributed by atoms with E-state index >= 15 is 0 Å². The maximum atomic E-state index is 13.4. The fraction of sp³-hybridized carbons (Fsp3) is 0.250. The molecule has 0 heterocycles. The highest BCUT2D eigenvalue weighted by Crippen LogP contribution is 2.45. The number of benzene rings is 5. The highest BCUT2D eigenvalue weighted by Gasteiger charge is 2.26. The number of carbonyl (C=O) groups is 2. The lowest BCUT2D eigenvalue weighted by molar-refractivity contribution is 0.0453. The van der Waals surface area contributed by atoms with Crippen LogP contribution in [0.1, 0.15) is 59.5 Å². The Morgan fingerprint density at radius 3 is 1.32 bits per heavy atom. The number of rotatable bonds is 6. The Labute approximate surface area is 220 Å². The molecule has 6 heteroatoms. The molecule has 5 aromatic carbocycles. The first kappa shape index (κ1) is 25.0. The molecule has 0 N–H and O–H groups in total. The minimum atomic E-state index is -0.499. The lowest BCUT2D eigenvalue weighted by Crippen LogP contribution is -2.12. The molecule has 0 spiro atoms. The van der Waals surface area contributed by atoms with Gasteiger partial charge < -0.3 is 9.47 Å². The Kier molecular flexibility index (Phi) is 6.35. The van der Waals surface area contributed by atoms with Gasteiger partial charge in [-0.15, -0.1) is 0 Å². The zero-order valence-electron chi connectivity index (χ0n) is 21.7. The van der Waals surface area contributed by atoms with Crippen LogP contribution in [-0.2, 0) is 9.47 Å². The Morgan fingerprint density at radius 1 is 0.605 bits per heavy atom. The van der Waals surface area contributed by atoms with E-state index in [9.17, 15) is 20.1 Å². The SMILES string of the molecule is CC(C)COC(=O)c1ccc2ccc(C#N)c3c4c(C(=O)OCC(C)C)ccc5ccc(C#N)c(c1c23)c54. The van der Waals surface area contributed by atoms with Gasteiger partial charge in [0.2, 0.25) is 0 Å². The quantitative estimate of drug-likeness (QED) is 0.139. The van der Waals surface area contributed by atoms with Crippen molar-refractivity contribution in [2.45, 2.75) is 27.7 Å². The minimum Gasteiger partial charge on any atom is -0.462 e. The molecule has 0 saturated heterocycles. The molecule has 5 aromatic rings. The smallest absolute Gasteiger partial charge is 0.338 e. The predicted octanol–water partition coefficient (Wildman–Crippen LogP) is 7.11. The van der Waals surface area contributed by atoms with Crippen molar-refractivity contribution in [3.63, 3.8) is 0 Å². The molecule has 188 valence electrons. The van der Waals surface area contributed by atoms with Crippen LogP contribution in [0.15, 0.2) is 48.5 Å². The standard InChI is InChI=1S/C32H26N2O4/c1-17(2)15-37-31(35)23-11-9-19-5-8-22(14-34)28-25(19)29(23)27-21(13-33)7-6-20-10-12-24(30(28)26(20)27)32(36)38-16-18(3)4/h5-12,17-18H,15-16H2,1-4H3. The van der Waals surface area contributed by atoms with Gasteiger partial charge in [-0.2, -0.15) is 10.5 Å². The molecule has 0 aliphatic heterocycles. The van der Waals surface area contributed by atoms with Crippen molar-refractivity contribution in [2.75, 3.05) is 13.2 Å². The number of hydrogen-bond donors (Lipinski definition) is 0. The highest BCUT2D eigenvalue weighted by atomic mass is 16.5. The van der Waals surface area contributed by atoms with E-state index in [2.05, 4.69) is 12.1 Å². The van der Waals surface area contributed by atoms with Crippen LogP contribution >= 0.6 is 0 Å². The second-order valence-corrected chi connectivity index (χ2v) is 10.4. The number of nitriles is 2. The van der Waals surface area contributed by atoms with Gasteiger partial charge in [0.15, 0.2) is 0 Å². The van der Waals surface area contributed by atoms with E-state index in [-0.39, 0.29) is 25.0 Å². The third-order valence-electron chi connectivity index (χ3n) is 6.65. The highest BCUT2D eigenvalue weighted by molar-refractivity contribution is 6.39. The van der Waals surface area contributed by atoms with E-state index in [1.165, 1.54) is 0 Å². The molecule has 0 aromatic heterocycles. The van der Waals surface area contributed by atoms with Crippen LogP contribution in [0.3, 0.4) is 0 Å². The summed E-state index contributed by atoms with van der Waals surface area (Å²) in [5.41, 5.74) is 1.36. The molecule has 0 unspecified atom stereocenters. The summed E-state index contributed by atoms with van der Waals surface area (Å²) in [6.07, 6.45) is 0. The topological polar surface area (TPSA) is 100 Å². The lowest BCUT2D eigenvalue weighted by atomic mass is 9.83. The molecule has 0 amide bonds. The summed E-state index contributed by atoms with van der Waals surface area (Å²) in [6, 6.07) is 18.7. The maximum Gasteiger partial charge on any atom is 0.338 e. The van der Waals surface area contributed by atoms with Gasteiger partial charge in [-0.3, -0.25) is 0 Å². The summed E-state index contributed by atoms with van der Waals surface area (Å²) in [5.74, 6) is -0.703. The first-order chi connectivity index (χ1) is 18.3. The number of carbonyl (C=O) groups excluding carboxylic acids is 2. The molecule has 5 rings (SSSR count). The van der Waals surface area contributed by atoms with Gasteiger partial charge in [0.1, 0.15) is 0 Å². The average Bonchev–Trinajstić information content (AvgIpc) is 2.92. The molecule has 0 aliphatic carbocycles. The summed E-state index contributed by atoms with van der Waals surface area (Å²) < 4.78 is 11.2. The molecule has 0 fully saturated rings. The summed E-state index contributed by atoms with van der Waals surface area (Å²) in [5, 5.41) is 25.4. The number of nitrogens with zero attached hydrogens (tertiary/aromatic N) is 2. The molecule has 0 radical (unpaired) electrons. The third-order valence-corrected chi connectivity index (χ3v) is 6.65. The van der Waals surface area contributed by atoms with E-state index in [0.717, 1.165) is 10.8 Å². The maximum absolute atomic E-state index is 13.4. The van der Waals surface area contributed by atoms with Gasteiger partial charge in [0.25, 0.3) is 0 Å².